The fraction of sp³-hybridized carbons (Fsp3) is 0.312. The molecule has 5 nitrogen and oxygen atoms in total. The highest BCUT2D eigenvalue weighted by Gasteiger charge is 2.11. The molecule has 21 heavy (non-hydrogen) atoms. The molecule has 1 aromatic heterocycles. The van der Waals surface area contributed by atoms with Crippen molar-refractivity contribution < 1.29 is 4.74 Å². The van der Waals surface area contributed by atoms with Crippen molar-refractivity contribution >= 4 is 5.95 Å². The Labute approximate surface area is 124 Å². The smallest absolute Gasteiger partial charge is 0.226 e. The Kier molecular flexibility index (Phi) is 4.39. The van der Waals surface area contributed by atoms with E-state index in [1.54, 1.807) is 6.20 Å². The SMILES string of the molecule is CCNc1ncc(C)c(Oc2c(C)cc(C#N)cc2C)n1. The molecule has 5 heteroatoms. The first-order valence-electron chi connectivity index (χ1n) is 6.81. The first kappa shape index (κ1) is 14.8. The molecule has 108 valence electrons. The molecule has 0 spiro atoms. The molecule has 0 saturated heterocycles. The molecule has 1 heterocycles. The minimum absolute atomic E-state index is 0.525. The number of nitriles is 1. The van der Waals surface area contributed by atoms with Crippen molar-refractivity contribution in [3.8, 4) is 17.7 Å². The van der Waals surface area contributed by atoms with Crippen LogP contribution in [0.25, 0.3) is 0 Å². The van der Waals surface area contributed by atoms with E-state index in [2.05, 4.69) is 21.4 Å². The number of nitrogens with zero attached hydrogens (tertiary/aromatic N) is 3. The van der Waals surface area contributed by atoms with Crippen molar-refractivity contribution in [2.24, 2.45) is 0 Å². The first-order valence-corrected chi connectivity index (χ1v) is 6.81. The van der Waals surface area contributed by atoms with Gasteiger partial charge in [-0.05, 0) is 51.0 Å². The van der Waals surface area contributed by atoms with Crippen LogP contribution in [0.1, 0.15) is 29.2 Å². The summed E-state index contributed by atoms with van der Waals surface area (Å²) in [5, 5.41) is 12.1. The van der Waals surface area contributed by atoms with Gasteiger partial charge in [0.25, 0.3) is 0 Å². The zero-order valence-corrected chi connectivity index (χ0v) is 12.7. The van der Waals surface area contributed by atoms with Gasteiger partial charge in [0, 0.05) is 18.3 Å². The minimum atomic E-state index is 0.525. The molecular formula is C16H18N4O. The maximum absolute atomic E-state index is 8.99. The van der Waals surface area contributed by atoms with Crippen molar-refractivity contribution in [2.75, 3.05) is 11.9 Å². The highest BCUT2D eigenvalue weighted by Crippen LogP contribution is 2.30. The zero-order chi connectivity index (χ0) is 15.4. The molecule has 0 radical (unpaired) electrons. The molecule has 1 N–H and O–H groups in total. The highest BCUT2D eigenvalue weighted by molar-refractivity contribution is 5.49. The van der Waals surface area contributed by atoms with Crippen molar-refractivity contribution in [3.05, 3.63) is 40.6 Å². The number of ether oxygens (including phenoxy) is 1. The largest absolute Gasteiger partial charge is 0.438 e. The van der Waals surface area contributed by atoms with Crippen LogP contribution in [-0.2, 0) is 0 Å². The average molecular weight is 282 g/mol. The van der Waals surface area contributed by atoms with Crippen LogP contribution in [0.4, 0.5) is 5.95 Å². The molecule has 0 amide bonds. The summed E-state index contributed by atoms with van der Waals surface area (Å²) in [4.78, 5) is 8.57. The fourth-order valence-electron chi connectivity index (χ4n) is 2.05. The van der Waals surface area contributed by atoms with Gasteiger partial charge in [0.15, 0.2) is 0 Å². The van der Waals surface area contributed by atoms with E-state index >= 15 is 0 Å². The van der Waals surface area contributed by atoms with Gasteiger partial charge in [-0.1, -0.05) is 0 Å². The number of benzene rings is 1. The second-order valence-corrected chi connectivity index (χ2v) is 4.87. The molecule has 1 aromatic carbocycles. The van der Waals surface area contributed by atoms with E-state index in [0.29, 0.717) is 17.4 Å². The van der Waals surface area contributed by atoms with E-state index in [0.717, 1.165) is 29.0 Å². The van der Waals surface area contributed by atoms with Crippen molar-refractivity contribution in [1.29, 1.82) is 5.26 Å². The van der Waals surface area contributed by atoms with E-state index in [4.69, 9.17) is 10.00 Å². The van der Waals surface area contributed by atoms with Crippen LogP contribution in [0.2, 0.25) is 0 Å². The lowest BCUT2D eigenvalue weighted by atomic mass is 10.1. The number of aromatic nitrogens is 2. The first-order chi connectivity index (χ1) is 10.0. The molecule has 0 unspecified atom stereocenters. The van der Waals surface area contributed by atoms with Crippen molar-refractivity contribution in [3.63, 3.8) is 0 Å². The number of nitrogens with one attached hydrogen (secondary N) is 1. The third kappa shape index (κ3) is 3.29. The van der Waals surface area contributed by atoms with Gasteiger partial charge in [0.2, 0.25) is 11.8 Å². The Morgan fingerprint density at radius 1 is 1.19 bits per heavy atom. The van der Waals surface area contributed by atoms with Crippen molar-refractivity contribution in [1.82, 2.24) is 9.97 Å². The lowest BCUT2D eigenvalue weighted by Gasteiger charge is -2.13. The Bertz CT molecular complexity index is 681. The van der Waals surface area contributed by atoms with E-state index in [1.165, 1.54) is 0 Å². The second kappa shape index (κ2) is 6.23. The molecule has 0 aliphatic heterocycles. The van der Waals surface area contributed by atoms with E-state index in [9.17, 15) is 0 Å². The Hall–Kier alpha value is -2.61. The second-order valence-electron chi connectivity index (χ2n) is 4.87. The number of rotatable bonds is 4. The number of hydrogen-bond donors (Lipinski definition) is 1. The van der Waals surface area contributed by atoms with Crippen LogP contribution in [0.5, 0.6) is 11.6 Å². The normalized spacial score (nSPS) is 10.0. The molecule has 0 aliphatic carbocycles. The number of anilines is 1. The monoisotopic (exact) mass is 282 g/mol. The molecular weight excluding hydrogens is 264 g/mol. The third-order valence-corrected chi connectivity index (χ3v) is 3.05. The molecule has 0 atom stereocenters. The highest BCUT2D eigenvalue weighted by atomic mass is 16.5. The molecule has 2 aromatic rings. The van der Waals surface area contributed by atoms with Crippen LogP contribution in [0.15, 0.2) is 18.3 Å². The number of aryl methyl sites for hydroxylation is 3. The lowest BCUT2D eigenvalue weighted by molar-refractivity contribution is 0.451. The zero-order valence-electron chi connectivity index (χ0n) is 12.7. The topological polar surface area (TPSA) is 70.8 Å². The summed E-state index contributed by atoms with van der Waals surface area (Å²) >= 11 is 0. The summed E-state index contributed by atoms with van der Waals surface area (Å²) in [6, 6.07) is 5.76. The maximum atomic E-state index is 8.99. The number of hydrogen-bond acceptors (Lipinski definition) is 5. The van der Waals surface area contributed by atoms with Gasteiger partial charge < -0.3 is 10.1 Å². The maximum Gasteiger partial charge on any atom is 0.226 e. The van der Waals surface area contributed by atoms with Gasteiger partial charge in [-0.2, -0.15) is 10.2 Å². The Morgan fingerprint density at radius 3 is 2.43 bits per heavy atom. The van der Waals surface area contributed by atoms with Crippen molar-refractivity contribution in [2.45, 2.75) is 27.7 Å². The molecule has 0 fully saturated rings. The summed E-state index contributed by atoms with van der Waals surface area (Å²) < 4.78 is 5.96. The minimum Gasteiger partial charge on any atom is -0.438 e. The quantitative estimate of drug-likeness (QED) is 0.929. The summed E-state index contributed by atoms with van der Waals surface area (Å²) in [5.41, 5.74) is 3.31. The van der Waals surface area contributed by atoms with Crippen LogP contribution in [0.3, 0.4) is 0 Å². The summed E-state index contributed by atoms with van der Waals surface area (Å²) in [5.74, 6) is 1.80. The van der Waals surface area contributed by atoms with Gasteiger partial charge in [0.1, 0.15) is 5.75 Å². The third-order valence-electron chi connectivity index (χ3n) is 3.05. The summed E-state index contributed by atoms with van der Waals surface area (Å²) in [6.07, 6.45) is 1.73. The fourth-order valence-corrected chi connectivity index (χ4v) is 2.05. The summed E-state index contributed by atoms with van der Waals surface area (Å²) in [7, 11) is 0. The van der Waals surface area contributed by atoms with Gasteiger partial charge >= 0.3 is 0 Å². The van der Waals surface area contributed by atoms with E-state index in [1.807, 2.05) is 39.8 Å². The van der Waals surface area contributed by atoms with Gasteiger partial charge in [-0.15, -0.1) is 0 Å². The lowest BCUT2D eigenvalue weighted by Crippen LogP contribution is -2.04. The predicted octanol–water partition coefficient (Wildman–Crippen LogP) is 3.50. The van der Waals surface area contributed by atoms with Crippen LogP contribution in [-0.4, -0.2) is 16.5 Å². The molecule has 0 bridgehead atoms. The average Bonchev–Trinajstić information content (AvgIpc) is 2.46. The molecule has 2 rings (SSSR count). The summed E-state index contributed by atoms with van der Waals surface area (Å²) in [6.45, 7) is 8.48. The Morgan fingerprint density at radius 2 is 1.86 bits per heavy atom. The standard InChI is InChI=1S/C16H18N4O/c1-5-18-16-19-9-12(4)15(20-16)21-14-10(2)6-13(8-17)7-11(14)3/h6-7,9H,5H2,1-4H3,(H,18,19,20). The molecule has 0 aliphatic rings. The predicted molar refractivity (Wildman–Crippen MR) is 81.6 cm³/mol. The van der Waals surface area contributed by atoms with Gasteiger partial charge in [0.05, 0.1) is 11.6 Å². The van der Waals surface area contributed by atoms with E-state index < -0.39 is 0 Å². The van der Waals surface area contributed by atoms with E-state index in [-0.39, 0.29) is 0 Å². The van der Waals surface area contributed by atoms with Crippen LogP contribution < -0.4 is 10.1 Å². The van der Waals surface area contributed by atoms with Gasteiger partial charge in [-0.3, -0.25) is 0 Å². The van der Waals surface area contributed by atoms with Crippen LogP contribution in [0, 0.1) is 32.1 Å². The van der Waals surface area contributed by atoms with Crippen LogP contribution >= 0.6 is 0 Å². The Balaban J connectivity index is 2.38. The van der Waals surface area contributed by atoms with Gasteiger partial charge in [-0.25, -0.2) is 4.98 Å². The molecule has 0 saturated carbocycles.